The van der Waals surface area contributed by atoms with Crippen LogP contribution in [0.15, 0.2) is 42.5 Å². The van der Waals surface area contributed by atoms with Crippen LogP contribution in [0.5, 0.6) is 0 Å². The van der Waals surface area contributed by atoms with Crippen LogP contribution >= 0.6 is 0 Å². The van der Waals surface area contributed by atoms with E-state index in [0.29, 0.717) is 0 Å². The average Bonchev–Trinajstić information content (AvgIpc) is 3.25. The van der Waals surface area contributed by atoms with Crippen LogP contribution in [-0.2, 0) is 6.54 Å². The summed E-state index contributed by atoms with van der Waals surface area (Å²) in [6.07, 6.45) is 4.14. The van der Waals surface area contributed by atoms with Crippen LogP contribution in [0.3, 0.4) is 0 Å². The zero-order valence-corrected chi connectivity index (χ0v) is 12.6. The second-order valence-corrected chi connectivity index (χ2v) is 6.71. The van der Waals surface area contributed by atoms with Gasteiger partial charge in [-0.05, 0) is 54.6 Å². The maximum atomic E-state index is 3.69. The van der Waals surface area contributed by atoms with E-state index in [0.717, 1.165) is 18.5 Å². The molecule has 1 aliphatic heterocycles. The van der Waals surface area contributed by atoms with Gasteiger partial charge in [0.1, 0.15) is 0 Å². The Morgan fingerprint density at radius 1 is 1.00 bits per heavy atom. The lowest BCUT2D eigenvalue weighted by molar-refractivity contribution is 0.315. The second kappa shape index (κ2) is 5.78. The maximum absolute atomic E-state index is 3.69. The van der Waals surface area contributed by atoms with E-state index < -0.39 is 0 Å². The van der Waals surface area contributed by atoms with Crippen LogP contribution in [0.2, 0.25) is 0 Å². The third-order valence-electron chi connectivity index (χ3n) is 4.92. The van der Waals surface area contributed by atoms with Crippen LogP contribution in [0, 0.1) is 5.92 Å². The normalized spacial score (nSPS) is 23.0. The van der Waals surface area contributed by atoms with Crippen molar-refractivity contribution < 1.29 is 0 Å². The van der Waals surface area contributed by atoms with Gasteiger partial charge < -0.3 is 5.32 Å². The number of fused-ring (bicyclic) bond motifs is 1. The molecule has 0 bridgehead atoms. The molecule has 1 aliphatic carbocycles. The molecule has 2 aliphatic rings. The number of rotatable bonds is 5. The van der Waals surface area contributed by atoms with Crippen molar-refractivity contribution in [3.63, 3.8) is 0 Å². The third kappa shape index (κ3) is 3.12. The summed E-state index contributed by atoms with van der Waals surface area (Å²) in [6.45, 7) is 4.82. The molecule has 2 fully saturated rings. The average molecular weight is 280 g/mol. The minimum absolute atomic E-state index is 0.845. The largest absolute Gasteiger partial charge is 0.314 e. The predicted octanol–water partition coefficient (Wildman–Crippen LogP) is 3.41. The summed E-state index contributed by atoms with van der Waals surface area (Å²) in [5.41, 5.74) is 1.48. The molecule has 1 unspecified atom stereocenters. The van der Waals surface area contributed by atoms with Gasteiger partial charge in [0.25, 0.3) is 0 Å². The molecular formula is C19H24N2. The number of nitrogens with one attached hydrogen (secondary N) is 1. The lowest BCUT2D eigenvalue weighted by Crippen LogP contribution is -2.27. The lowest BCUT2D eigenvalue weighted by Gasteiger charge is -2.17. The first kappa shape index (κ1) is 13.3. The molecule has 110 valence electrons. The van der Waals surface area contributed by atoms with Crippen molar-refractivity contribution in [2.75, 3.05) is 19.6 Å². The van der Waals surface area contributed by atoms with Gasteiger partial charge in [0.2, 0.25) is 0 Å². The van der Waals surface area contributed by atoms with E-state index in [9.17, 15) is 0 Å². The Morgan fingerprint density at radius 2 is 1.86 bits per heavy atom. The molecule has 0 aromatic heterocycles. The van der Waals surface area contributed by atoms with Crippen LogP contribution < -0.4 is 5.32 Å². The first-order valence-electron chi connectivity index (χ1n) is 8.31. The van der Waals surface area contributed by atoms with E-state index in [-0.39, 0.29) is 0 Å². The summed E-state index contributed by atoms with van der Waals surface area (Å²) in [7, 11) is 0. The number of hydrogen-bond donors (Lipinski definition) is 1. The fourth-order valence-electron chi connectivity index (χ4n) is 3.52. The van der Waals surface area contributed by atoms with Crippen molar-refractivity contribution in [1.29, 1.82) is 0 Å². The zero-order chi connectivity index (χ0) is 14.1. The number of benzene rings is 2. The molecule has 21 heavy (non-hydrogen) atoms. The van der Waals surface area contributed by atoms with Gasteiger partial charge >= 0.3 is 0 Å². The molecule has 0 radical (unpaired) electrons. The minimum atomic E-state index is 0.845. The molecule has 0 amide bonds. The summed E-state index contributed by atoms with van der Waals surface area (Å²) >= 11 is 0. The molecule has 1 N–H and O–H groups in total. The first-order valence-corrected chi connectivity index (χ1v) is 8.31. The van der Waals surface area contributed by atoms with Crippen molar-refractivity contribution in [3.8, 4) is 0 Å². The molecular weight excluding hydrogens is 256 g/mol. The van der Waals surface area contributed by atoms with E-state index in [2.05, 4.69) is 52.7 Å². The summed E-state index contributed by atoms with van der Waals surface area (Å²) in [5, 5.41) is 6.46. The standard InChI is InChI=1S/C19H24N2/c1-2-7-19-16(4-1)5-3-6-17(19)14-21-11-10-15(13-21)12-20-18-8-9-18/h1-7,15,18,20H,8-14H2. The highest BCUT2D eigenvalue weighted by Gasteiger charge is 2.26. The van der Waals surface area contributed by atoms with Crippen molar-refractivity contribution >= 4 is 10.8 Å². The Morgan fingerprint density at radius 3 is 2.76 bits per heavy atom. The fraction of sp³-hybridized carbons (Fsp3) is 0.474. The van der Waals surface area contributed by atoms with Crippen molar-refractivity contribution in [2.45, 2.75) is 31.8 Å². The van der Waals surface area contributed by atoms with Crippen LogP contribution in [-0.4, -0.2) is 30.6 Å². The number of likely N-dealkylation sites (tertiary alicyclic amines) is 1. The zero-order valence-electron chi connectivity index (χ0n) is 12.6. The third-order valence-corrected chi connectivity index (χ3v) is 4.92. The van der Waals surface area contributed by atoms with Gasteiger partial charge in [-0.25, -0.2) is 0 Å². The highest BCUT2D eigenvalue weighted by Crippen LogP contribution is 2.24. The molecule has 2 aromatic rings. The van der Waals surface area contributed by atoms with Crippen LogP contribution in [0.1, 0.15) is 24.8 Å². The van der Waals surface area contributed by atoms with Crippen molar-refractivity contribution in [3.05, 3.63) is 48.0 Å². The van der Waals surface area contributed by atoms with Gasteiger partial charge in [-0.3, -0.25) is 4.90 Å². The van der Waals surface area contributed by atoms with Gasteiger partial charge in [-0.2, -0.15) is 0 Å². The highest BCUT2D eigenvalue weighted by molar-refractivity contribution is 5.85. The summed E-state index contributed by atoms with van der Waals surface area (Å²) < 4.78 is 0. The Bertz CT molecular complexity index is 612. The molecule has 1 saturated heterocycles. The molecule has 2 nitrogen and oxygen atoms in total. The smallest absolute Gasteiger partial charge is 0.0240 e. The number of hydrogen-bond acceptors (Lipinski definition) is 2. The van der Waals surface area contributed by atoms with Crippen molar-refractivity contribution in [1.82, 2.24) is 10.2 Å². The monoisotopic (exact) mass is 280 g/mol. The Hall–Kier alpha value is -1.38. The van der Waals surface area contributed by atoms with Gasteiger partial charge in [0.15, 0.2) is 0 Å². The van der Waals surface area contributed by atoms with Crippen LogP contribution in [0.25, 0.3) is 10.8 Å². The van der Waals surface area contributed by atoms with Crippen LogP contribution in [0.4, 0.5) is 0 Å². The SMILES string of the molecule is c1ccc2c(CN3CCC(CNC4CC4)C3)cccc2c1. The quantitative estimate of drug-likeness (QED) is 0.903. The van der Waals surface area contributed by atoms with E-state index in [4.69, 9.17) is 0 Å². The highest BCUT2D eigenvalue weighted by atomic mass is 15.1. The van der Waals surface area contributed by atoms with Crippen molar-refractivity contribution in [2.24, 2.45) is 5.92 Å². The summed E-state index contributed by atoms with van der Waals surface area (Å²) in [6, 6.07) is 16.3. The van der Waals surface area contributed by atoms with Gasteiger partial charge in [0.05, 0.1) is 0 Å². The van der Waals surface area contributed by atoms with Gasteiger partial charge in [-0.1, -0.05) is 42.5 Å². The second-order valence-electron chi connectivity index (χ2n) is 6.71. The molecule has 1 atom stereocenters. The van der Waals surface area contributed by atoms with Gasteiger partial charge in [0, 0.05) is 19.1 Å². The molecule has 2 aromatic carbocycles. The maximum Gasteiger partial charge on any atom is 0.0240 e. The summed E-state index contributed by atoms with van der Waals surface area (Å²) in [5.74, 6) is 0.848. The molecule has 2 heteroatoms. The van der Waals surface area contributed by atoms with E-state index in [1.807, 2.05) is 0 Å². The Balaban J connectivity index is 1.41. The van der Waals surface area contributed by atoms with E-state index in [1.54, 1.807) is 0 Å². The molecule has 4 rings (SSSR count). The lowest BCUT2D eigenvalue weighted by atomic mass is 10.0. The van der Waals surface area contributed by atoms with E-state index >= 15 is 0 Å². The molecule has 0 spiro atoms. The molecule has 1 saturated carbocycles. The Kier molecular flexibility index (Phi) is 3.66. The minimum Gasteiger partial charge on any atom is -0.314 e. The number of nitrogens with zero attached hydrogens (tertiary/aromatic N) is 1. The first-order chi connectivity index (χ1) is 10.4. The topological polar surface area (TPSA) is 15.3 Å². The molecule has 1 heterocycles. The fourth-order valence-corrected chi connectivity index (χ4v) is 3.52. The summed E-state index contributed by atoms with van der Waals surface area (Å²) in [4.78, 5) is 2.63. The van der Waals surface area contributed by atoms with Gasteiger partial charge in [-0.15, -0.1) is 0 Å². The van der Waals surface area contributed by atoms with E-state index in [1.165, 1.54) is 55.2 Å². The predicted molar refractivity (Wildman–Crippen MR) is 88.4 cm³/mol. The Labute approximate surface area is 127 Å².